The SMILES string of the molecule is COC([NH-])=O.COC([NH-])=O.[CH2-]c1cc(-c2ccc3c(c2)CCc2cc(-c4cnc(P[C-]=O)[nH]4)ccc2-3)ccc1-c1[c-]nc(P[C-]=O)[nH]1.[V+2].[V+2].[Y]. The molecule has 2 heterocycles. The first kappa shape index (κ1) is 45.0. The number of carbonyl (C=O) groups is 2. The monoisotopic (exact) mass is 857 g/mol. The van der Waals surface area contributed by atoms with Crippen LogP contribution in [0.5, 0.6) is 0 Å². The van der Waals surface area contributed by atoms with E-state index < -0.39 is 12.2 Å². The zero-order valence-corrected chi connectivity index (χ0v) is 34.3. The molecular weight excluding hydrogens is 829 g/mol. The van der Waals surface area contributed by atoms with Gasteiger partial charge >= 0.3 is 37.1 Å². The van der Waals surface area contributed by atoms with Gasteiger partial charge in [-0.25, -0.2) is 25.6 Å². The summed E-state index contributed by atoms with van der Waals surface area (Å²) in [5, 5.41) is 0. The number of amides is 2. The van der Waals surface area contributed by atoms with Gasteiger partial charge in [-0.05, 0) is 57.9 Å². The van der Waals surface area contributed by atoms with Crippen LogP contribution in [-0.2, 0) is 102 Å². The van der Waals surface area contributed by atoms with Crippen LogP contribution in [-0.4, -0.2) is 58.4 Å². The normalized spacial score (nSPS) is 10.8. The second-order valence-electron chi connectivity index (χ2n) is 9.77. The van der Waals surface area contributed by atoms with Crippen LogP contribution in [0.25, 0.3) is 56.2 Å². The number of aromatic nitrogens is 4. The number of aryl methyl sites for hydroxylation is 2. The molecule has 5 aromatic rings. The first-order chi connectivity index (χ1) is 22.7. The second-order valence-corrected chi connectivity index (χ2v) is 11.6. The molecule has 1 aliphatic rings. The smallest absolute Gasteiger partial charge is 0.632 e. The third kappa shape index (κ3) is 12.0. The Hall–Kier alpha value is -3.04. The van der Waals surface area contributed by atoms with Gasteiger partial charge in [0.1, 0.15) is 0 Å². The number of imidazole rings is 2. The standard InChI is InChI=1S/C29H20N4O2P2.2C2H5NO2.2V.Y/c1-17-10-18(4-7-23(17)27-14-31-29(33-27)37-16-35)19-5-8-24-20(11-19)2-3-21-12-22(6-9-25(21)24)26-13-30-28(32-26)36-15-34;2*1-5-2(3)4;;;/h4-13,36-37H,1-3H2,(H,30,32)(H,31,33);2*1H3,(H2,3,4);;;/q-4;;;2*+2;/p-2. The molecular formula is C33H28N6O6P2V2Y-2. The Kier molecular flexibility index (Phi) is 19.8. The van der Waals surface area contributed by atoms with E-state index in [1.807, 2.05) is 18.1 Å². The van der Waals surface area contributed by atoms with Crippen molar-refractivity contribution in [3.8, 4) is 44.8 Å². The molecule has 0 spiro atoms. The Morgan fingerprint density at radius 3 is 1.80 bits per heavy atom. The van der Waals surface area contributed by atoms with Crippen LogP contribution in [0.3, 0.4) is 0 Å². The van der Waals surface area contributed by atoms with Gasteiger partial charge in [-0.2, -0.15) is 27.1 Å². The summed E-state index contributed by atoms with van der Waals surface area (Å²) in [6, 6.07) is 23.1. The summed E-state index contributed by atoms with van der Waals surface area (Å²) in [6.07, 6.45) is 4.65. The van der Waals surface area contributed by atoms with E-state index in [1.165, 1.54) is 22.3 Å². The summed E-state index contributed by atoms with van der Waals surface area (Å²) < 4.78 is 7.56. The number of nitrogens with zero attached hydrogens (tertiary/aromatic N) is 2. The first-order valence-corrected chi connectivity index (χ1v) is 15.8. The van der Waals surface area contributed by atoms with Crippen molar-refractivity contribution in [3.05, 3.63) is 102 Å². The largest absolute Gasteiger partial charge is 2.00 e. The van der Waals surface area contributed by atoms with Crippen molar-refractivity contribution in [1.29, 1.82) is 0 Å². The van der Waals surface area contributed by atoms with Crippen molar-refractivity contribution < 1.29 is 98.5 Å². The fourth-order valence-corrected chi connectivity index (χ4v) is 5.68. The summed E-state index contributed by atoms with van der Waals surface area (Å²) in [5.41, 5.74) is 25.1. The Morgan fingerprint density at radius 2 is 1.28 bits per heavy atom. The average Bonchev–Trinajstić information content (AvgIpc) is 3.75. The molecule has 2 aromatic heterocycles. The molecule has 4 N–H and O–H groups in total. The van der Waals surface area contributed by atoms with Crippen molar-refractivity contribution in [2.24, 2.45) is 0 Å². The Balaban J connectivity index is 0.000000852. The van der Waals surface area contributed by atoms with E-state index in [-0.39, 0.29) is 87.0 Å². The van der Waals surface area contributed by atoms with Crippen LogP contribution in [0.15, 0.2) is 60.8 Å². The van der Waals surface area contributed by atoms with E-state index in [2.05, 4.69) is 91.1 Å². The van der Waals surface area contributed by atoms with Crippen molar-refractivity contribution >= 4 is 52.5 Å². The fourth-order valence-electron chi connectivity index (χ4n) is 4.86. The van der Waals surface area contributed by atoms with Gasteiger partial charge in [0, 0.05) is 32.7 Å². The van der Waals surface area contributed by atoms with Crippen LogP contribution >= 0.6 is 17.2 Å². The Morgan fingerprint density at radius 1 is 0.800 bits per heavy atom. The molecule has 0 bridgehead atoms. The quantitative estimate of drug-likeness (QED) is 0.142. The molecule has 3 aromatic carbocycles. The van der Waals surface area contributed by atoms with Crippen molar-refractivity contribution in [3.63, 3.8) is 0 Å². The Labute approximate surface area is 342 Å². The summed E-state index contributed by atoms with van der Waals surface area (Å²) in [6.45, 7) is 4.23. The van der Waals surface area contributed by atoms with Crippen LogP contribution in [0, 0.1) is 13.1 Å². The summed E-state index contributed by atoms with van der Waals surface area (Å²) in [4.78, 5) is 54.6. The van der Waals surface area contributed by atoms with Gasteiger partial charge in [-0.1, -0.05) is 53.9 Å². The zero-order valence-electron chi connectivity index (χ0n) is 26.7. The third-order valence-electron chi connectivity index (χ3n) is 6.99. The number of ether oxygens (including phenoxy) is 2. The predicted molar refractivity (Wildman–Crippen MR) is 184 cm³/mol. The van der Waals surface area contributed by atoms with E-state index in [1.54, 1.807) is 6.20 Å². The molecule has 17 heteroatoms. The minimum absolute atomic E-state index is 0. The van der Waals surface area contributed by atoms with Crippen molar-refractivity contribution in [2.75, 3.05) is 14.2 Å². The second kappa shape index (κ2) is 22.0. The fraction of sp³-hybridized carbons (Fsp3) is 0.121. The van der Waals surface area contributed by atoms with Crippen LogP contribution in [0.2, 0.25) is 0 Å². The molecule has 12 nitrogen and oxygen atoms in total. The maximum Gasteiger partial charge on any atom is 2.00 e. The van der Waals surface area contributed by atoms with Crippen molar-refractivity contribution in [2.45, 2.75) is 12.8 Å². The molecule has 3 radical (unpaired) electrons. The minimum atomic E-state index is -0.995. The molecule has 2 unspecified atom stereocenters. The number of fused-ring (bicyclic) bond motifs is 3. The van der Waals surface area contributed by atoms with Gasteiger partial charge in [0.05, 0.1) is 31.7 Å². The molecule has 0 fully saturated rings. The number of H-pyrrole nitrogens is 2. The van der Waals surface area contributed by atoms with E-state index >= 15 is 0 Å². The topological polar surface area (TPSA) is 192 Å². The van der Waals surface area contributed by atoms with Gasteiger partial charge in [-0.15, -0.1) is 11.6 Å². The Bertz CT molecular complexity index is 1910. The van der Waals surface area contributed by atoms with E-state index in [0.717, 1.165) is 66.3 Å². The maximum absolute atomic E-state index is 10.7. The van der Waals surface area contributed by atoms with Crippen LogP contribution in [0.4, 0.5) is 9.59 Å². The van der Waals surface area contributed by atoms with Crippen molar-refractivity contribution in [1.82, 2.24) is 19.9 Å². The molecule has 251 valence electrons. The maximum atomic E-state index is 10.7. The molecule has 6 rings (SSSR count). The van der Waals surface area contributed by atoms with Gasteiger partial charge in [0.15, 0.2) is 0 Å². The molecule has 0 aliphatic heterocycles. The van der Waals surface area contributed by atoms with E-state index in [9.17, 15) is 19.2 Å². The predicted octanol–water partition coefficient (Wildman–Crippen LogP) is 6.23. The number of hydrogen-bond donors (Lipinski definition) is 2. The van der Waals surface area contributed by atoms with Crippen LogP contribution < -0.4 is 11.1 Å². The molecule has 2 atom stereocenters. The average molecular weight is 857 g/mol. The van der Waals surface area contributed by atoms with Gasteiger partial charge in [0.25, 0.3) is 0 Å². The molecule has 50 heavy (non-hydrogen) atoms. The van der Waals surface area contributed by atoms with Gasteiger partial charge in [-0.3, -0.25) is 9.59 Å². The number of carbonyl (C=O) groups excluding carboxylic acids is 4. The zero-order chi connectivity index (χ0) is 33.9. The first-order valence-electron chi connectivity index (χ1n) is 13.8. The molecule has 1 aliphatic carbocycles. The molecule has 2 amide bonds. The molecule has 0 saturated heterocycles. The third-order valence-corrected chi connectivity index (χ3v) is 8.16. The summed E-state index contributed by atoms with van der Waals surface area (Å²) in [7, 11) is 2.11. The number of hydrogen-bond acceptors (Lipinski definition) is 8. The van der Waals surface area contributed by atoms with Gasteiger partial charge < -0.3 is 45.5 Å². The van der Waals surface area contributed by atoms with Gasteiger partial charge in [0.2, 0.25) is 12.2 Å². The number of benzene rings is 3. The number of methoxy groups -OCH3 is 2. The van der Waals surface area contributed by atoms with E-state index in [4.69, 9.17) is 11.5 Å². The molecule has 0 saturated carbocycles. The minimum Gasteiger partial charge on any atom is -0.632 e. The number of rotatable bonds is 7. The summed E-state index contributed by atoms with van der Waals surface area (Å²) in [5.74, 6) is 0. The number of nitrogens with one attached hydrogen (secondary N) is 4. The number of aromatic amines is 2. The van der Waals surface area contributed by atoms with E-state index in [0.29, 0.717) is 11.1 Å². The summed E-state index contributed by atoms with van der Waals surface area (Å²) >= 11 is 0. The van der Waals surface area contributed by atoms with Crippen LogP contribution in [0.1, 0.15) is 16.7 Å².